The number of carbonyl (C=O) groups is 2. The summed E-state index contributed by atoms with van der Waals surface area (Å²) in [6, 6.07) is 10.7. The first-order valence-corrected chi connectivity index (χ1v) is 8.46. The zero-order valence-electron chi connectivity index (χ0n) is 15.5. The minimum atomic E-state index is -0.653. The van der Waals surface area contributed by atoms with Gasteiger partial charge in [-0.2, -0.15) is 0 Å². The second kappa shape index (κ2) is 8.47. The van der Waals surface area contributed by atoms with E-state index in [1.54, 1.807) is 19.1 Å². The highest BCUT2D eigenvalue weighted by Crippen LogP contribution is 2.23. The number of hydrogen-bond donors (Lipinski definition) is 1. The van der Waals surface area contributed by atoms with Crippen LogP contribution in [0.2, 0.25) is 0 Å². The summed E-state index contributed by atoms with van der Waals surface area (Å²) in [5, 5.41) is 2.70. The Kier molecular flexibility index (Phi) is 6.33. The average molecular weight is 356 g/mol. The topological polar surface area (TPSA) is 77.5 Å². The number of nitrogens with one attached hydrogen (secondary N) is 1. The molecule has 0 spiro atoms. The van der Waals surface area contributed by atoms with Crippen molar-refractivity contribution >= 4 is 17.6 Å². The lowest BCUT2D eigenvalue weighted by atomic mass is 9.87. The Bertz CT molecular complexity index is 764. The van der Waals surface area contributed by atoms with Gasteiger partial charge in [-0.1, -0.05) is 32.9 Å². The summed E-state index contributed by atoms with van der Waals surface area (Å²) in [6.45, 7) is 8.14. The first-order valence-electron chi connectivity index (χ1n) is 8.46. The normalized spacial score (nSPS) is 10.9. The molecule has 0 atom stereocenters. The minimum Gasteiger partial charge on any atom is -0.477 e. The van der Waals surface area contributed by atoms with Crippen molar-refractivity contribution in [1.29, 1.82) is 0 Å². The van der Waals surface area contributed by atoms with Crippen LogP contribution in [0.25, 0.3) is 0 Å². The molecule has 2 rings (SSSR count). The van der Waals surface area contributed by atoms with Crippen LogP contribution in [0.4, 0.5) is 5.69 Å². The van der Waals surface area contributed by atoms with Gasteiger partial charge in [-0.15, -0.1) is 0 Å². The fraction of sp³-hybridized carbons (Fsp3) is 0.350. The van der Waals surface area contributed by atoms with E-state index >= 15 is 0 Å². The largest absolute Gasteiger partial charge is 0.477 e. The van der Waals surface area contributed by atoms with E-state index in [2.05, 4.69) is 31.1 Å². The molecule has 138 valence electrons. The van der Waals surface area contributed by atoms with E-state index in [9.17, 15) is 9.59 Å². The molecule has 0 unspecified atom stereocenters. The quantitative estimate of drug-likeness (QED) is 0.801. The highest BCUT2D eigenvalue weighted by Gasteiger charge is 2.17. The maximum Gasteiger partial charge on any atom is 0.344 e. The second-order valence-corrected chi connectivity index (χ2v) is 6.74. The number of anilines is 1. The number of esters is 1. The second-order valence-electron chi connectivity index (χ2n) is 6.74. The smallest absolute Gasteiger partial charge is 0.344 e. The van der Waals surface area contributed by atoms with Gasteiger partial charge in [-0.25, -0.2) is 9.78 Å². The van der Waals surface area contributed by atoms with Crippen LogP contribution >= 0.6 is 0 Å². The summed E-state index contributed by atoms with van der Waals surface area (Å²) in [5.74, 6) is -0.873. The number of rotatable bonds is 6. The Morgan fingerprint density at radius 3 is 2.42 bits per heavy atom. The lowest BCUT2D eigenvalue weighted by Crippen LogP contribution is -2.21. The molecule has 1 heterocycles. The molecule has 6 nitrogen and oxygen atoms in total. The van der Waals surface area contributed by atoms with Crippen molar-refractivity contribution in [2.45, 2.75) is 33.1 Å². The molecule has 0 bridgehead atoms. The third-order valence-corrected chi connectivity index (χ3v) is 3.64. The fourth-order valence-corrected chi connectivity index (χ4v) is 2.26. The maximum atomic E-state index is 12.1. The van der Waals surface area contributed by atoms with Gasteiger partial charge in [-0.05, 0) is 42.2 Å². The number of hydrogen-bond acceptors (Lipinski definition) is 5. The third kappa shape index (κ3) is 5.31. The standard InChI is InChI=1S/C20H24N2O4/c1-5-25-18-16(7-6-12-21-18)19(24)26-13-17(23)22-15-10-8-14(9-11-15)20(2,3)4/h6-12H,5,13H2,1-4H3,(H,22,23). The first kappa shape index (κ1) is 19.4. The van der Waals surface area contributed by atoms with Crippen LogP contribution in [0, 0.1) is 0 Å². The highest BCUT2D eigenvalue weighted by molar-refractivity contribution is 5.96. The molecule has 0 fully saturated rings. The molecule has 0 aliphatic carbocycles. The Balaban J connectivity index is 1.92. The molecule has 1 N–H and O–H groups in total. The molecule has 1 aromatic carbocycles. The van der Waals surface area contributed by atoms with Crippen molar-refractivity contribution < 1.29 is 19.1 Å². The van der Waals surface area contributed by atoms with Gasteiger partial charge in [0.1, 0.15) is 5.56 Å². The van der Waals surface area contributed by atoms with E-state index in [0.29, 0.717) is 12.3 Å². The van der Waals surface area contributed by atoms with Gasteiger partial charge in [0, 0.05) is 11.9 Å². The van der Waals surface area contributed by atoms with Crippen LogP contribution in [-0.2, 0) is 14.9 Å². The average Bonchev–Trinajstić information content (AvgIpc) is 2.60. The molecule has 1 amide bonds. The van der Waals surface area contributed by atoms with Crippen molar-refractivity contribution in [2.75, 3.05) is 18.5 Å². The predicted molar refractivity (Wildman–Crippen MR) is 99.5 cm³/mol. The minimum absolute atomic E-state index is 0.0417. The first-order chi connectivity index (χ1) is 12.3. The Morgan fingerprint density at radius 1 is 1.12 bits per heavy atom. The van der Waals surface area contributed by atoms with Crippen molar-refractivity contribution in [3.05, 3.63) is 53.7 Å². The fourth-order valence-electron chi connectivity index (χ4n) is 2.26. The SMILES string of the molecule is CCOc1ncccc1C(=O)OCC(=O)Nc1ccc(C(C)(C)C)cc1. The van der Waals surface area contributed by atoms with E-state index in [1.165, 1.54) is 11.8 Å². The molecule has 0 saturated carbocycles. The molecule has 6 heteroatoms. The van der Waals surface area contributed by atoms with Gasteiger partial charge >= 0.3 is 5.97 Å². The summed E-state index contributed by atoms with van der Waals surface area (Å²) in [7, 11) is 0. The number of aromatic nitrogens is 1. The van der Waals surface area contributed by atoms with Crippen molar-refractivity contribution in [1.82, 2.24) is 4.98 Å². The van der Waals surface area contributed by atoms with Crippen molar-refractivity contribution in [3.8, 4) is 5.88 Å². The number of carbonyl (C=O) groups excluding carboxylic acids is 2. The predicted octanol–water partition coefficient (Wildman–Crippen LogP) is 3.57. The lowest BCUT2D eigenvalue weighted by molar-refractivity contribution is -0.119. The van der Waals surface area contributed by atoms with Crippen LogP contribution in [0.3, 0.4) is 0 Å². The molecular formula is C20H24N2O4. The molecule has 26 heavy (non-hydrogen) atoms. The Labute approximate surface area is 153 Å². The van der Waals surface area contributed by atoms with Crippen LogP contribution in [0.15, 0.2) is 42.6 Å². The van der Waals surface area contributed by atoms with Gasteiger partial charge in [0.05, 0.1) is 6.61 Å². The Morgan fingerprint density at radius 2 is 1.81 bits per heavy atom. The van der Waals surface area contributed by atoms with Crippen molar-refractivity contribution in [3.63, 3.8) is 0 Å². The summed E-state index contributed by atoms with van der Waals surface area (Å²) in [4.78, 5) is 28.1. The van der Waals surface area contributed by atoms with Crippen LogP contribution in [0.5, 0.6) is 5.88 Å². The van der Waals surface area contributed by atoms with E-state index < -0.39 is 11.9 Å². The lowest BCUT2D eigenvalue weighted by Gasteiger charge is -2.19. The molecular weight excluding hydrogens is 332 g/mol. The molecule has 0 aliphatic heterocycles. The zero-order chi connectivity index (χ0) is 19.2. The highest BCUT2D eigenvalue weighted by atomic mass is 16.5. The van der Waals surface area contributed by atoms with Crippen LogP contribution in [-0.4, -0.2) is 30.1 Å². The van der Waals surface area contributed by atoms with E-state index in [0.717, 1.165) is 0 Å². The van der Waals surface area contributed by atoms with Gasteiger partial charge in [0.2, 0.25) is 5.88 Å². The van der Waals surface area contributed by atoms with E-state index in [-0.39, 0.29) is 23.5 Å². The monoisotopic (exact) mass is 356 g/mol. The van der Waals surface area contributed by atoms with E-state index in [1.807, 2.05) is 24.3 Å². The number of pyridine rings is 1. The summed E-state index contributed by atoms with van der Waals surface area (Å²) in [5.41, 5.74) is 2.05. The summed E-state index contributed by atoms with van der Waals surface area (Å²) in [6.07, 6.45) is 1.52. The Hall–Kier alpha value is -2.89. The van der Waals surface area contributed by atoms with Crippen LogP contribution < -0.4 is 10.1 Å². The molecule has 1 aromatic heterocycles. The van der Waals surface area contributed by atoms with Crippen molar-refractivity contribution in [2.24, 2.45) is 0 Å². The van der Waals surface area contributed by atoms with E-state index in [4.69, 9.17) is 9.47 Å². The van der Waals surface area contributed by atoms with Gasteiger partial charge in [0.15, 0.2) is 6.61 Å². The number of amides is 1. The van der Waals surface area contributed by atoms with Crippen LogP contribution in [0.1, 0.15) is 43.6 Å². The summed E-state index contributed by atoms with van der Waals surface area (Å²) < 4.78 is 10.3. The number of nitrogens with zero attached hydrogens (tertiary/aromatic N) is 1. The van der Waals surface area contributed by atoms with Gasteiger partial charge in [0.25, 0.3) is 5.91 Å². The molecule has 0 saturated heterocycles. The molecule has 2 aromatic rings. The van der Waals surface area contributed by atoms with Gasteiger partial charge in [-0.3, -0.25) is 4.79 Å². The van der Waals surface area contributed by atoms with Gasteiger partial charge < -0.3 is 14.8 Å². The summed E-state index contributed by atoms with van der Waals surface area (Å²) >= 11 is 0. The molecule has 0 aliphatic rings. The maximum absolute atomic E-state index is 12.1. The zero-order valence-corrected chi connectivity index (χ0v) is 15.5. The third-order valence-electron chi connectivity index (χ3n) is 3.64. The molecule has 0 radical (unpaired) electrons. The number of benzene rings is 1. The number of ether oxygens (including phenoxy) is 2.